The van der Waals surface area contributed by atoms with Crippen LogP contribution < -0.4 is 0 Å². The number of imidazole rings is 1. The van der Waals surface area contributed by atoms with E-state index in [1.807, 2.05) is 18.7 Å². The van der Waals surface area contributed by atoms with Crippen molar-refractivity contribution in [3.05, 3.63) is 16.6 Å². The lowest BCUT2D eigenvalue weighted by Gasteiger charge is -2.35. The number of H-pyrrole nitrogens is 1. The third kappa shape index (κ3) is 2.84. The Hall–Kier alpha value is -1.57. The van der Waals surface area contributed by atoms with Gasteiger partial charge in [0, 0.05) is 13.1 Å². The number of likely N-dealkylation sites (N-methyl/N-ethyl adjacent to an activating group) is 1. The number of hydrogen-bond donors (Lipinski definition) is 2. The van der Waals surface area contributed by atoms with E-state index in [0.717, 1.165) is 28.2 Å². The molecule has 0 bridgehead atoms. The summed E-state index contributed by atoms with van der Waals surface area (Å²) in [4.78, 5) is 34.9. The number of carbonyl (C=O) groups excluding carboxylic acids is 1. The maximum atomic E-state index is 13.1. The number of carboxylic acid groups (broad SMARTS) is 1. The highest BCUT2D eigenvalue weighted by Crippen LogP contribution is 2.53. The van der Waals surface area contributed by atoms with Gasteiger partial charge in [0.1, 0.15) is 16.5 Å². The molecule has 0 spiro atoms. The molecule has 2 heterocycles. The molecular formula is C15H21BrN4O3. The molecule has 2 aliphatic rings. The molecule has 1 saturated carbocycles. The number of fused-ring (bicyclic) bond motifs is 1. The summed E-state index contributed by atoms with van der Waals surface area (Å²) in [5.74, 6) is 1.06. The van der Waals surface area contributed by atoms with E-state index in [4.69, 9.17) is 0 Å². The maximum absolute atomic E-state index is 13.1. The lowest BCUT2D eigenvalue weighted by atomic mass is 10.0. The number of amides is 2. The van der Waals surface area contributed by atoms with E-state index in [2.05, 4.69) is 25.9 Å². The smallest absolute Gasteiger partial charge is 0.407 e. The van der Waals surface area contributed by atoms with Crippen molar-refractivity contribution in [3.8, 4) is 0 Å². The zero-order valence-corrected chi connectivity index (χ0v) is 14.9. The quantitative estimate of drug-likeness (QED) is 0.833. The third-order valence-electron chi connectivity index (χ3n) is 4.84. The van der Waals surface area contributed by atoms with Crippen LogP contribution in [0.1, 0.15) is 38.6 Å². The third-order valence-corrected chi connectivity index (χ3v) is 5.25. The monoisotopic (exact) mass is 384 g/mol. The SMILES string of the molecule is CC(C)[C@@H](C(=O)N1[C@H](c2ncc(Br)[nH]2)C[C@@H]2C[C@@H]21)N(C)C(=O)O. The molecule has 8 heteroatoms. The van der Waals surface area contributed by atoms with Crippen molar-refractivity contribution in [1.29, 1.82) is 0 Å². The molecule has 0 radical (unpaired) electrons. The Morgan fingerprint density at radius 3 is 2.70 bits per heavy atom. The molecule has 1 aliphatic heterocycles. The van der Waals surface area contributed by atoms with Gasteiger partial charge in [-0.15, -0.1) is 0 Å². The summed E-state index contributed by atoms with van der Waals surface area (Å²) in [6.07, 6.45) is 2.50. The Bertz CT molecular complexity index is 632. The number of hydrogen-bond acceptors (Lipinski definition) is 3. The predicted molar refractivity (Wildman–Crippen MR) is 86.8 cm³/mol. The number of carbonyl (C=O) groups is 2. The normalized spacial score (nSPS) is 27.0. The number of nitrogens with one attached hydrogen (secondary N) is 1. The second-order valence-corrected chi connectivity index (χ2v) is 7.61. The van der Waals surface area contributed by atoms with Gasteiger partial charge >= 0.3 is 6.09 Å². The van der Waals surface area contributed by atoms with Crippen LogP contribution in [-0.4, -0.2) is 56.0 Å². The first kappa shape index (κ1) is 16.3. The highest BCUT2D eigenvalue weighted by atomic mass is 79.9. The Labute approximate surface area is 143 Å². The summed E-state index contributed by atoms with van der Waals surface area (Å²) in [5.41, 5.74) is 0. The van der Waals surface area contributed by atoms with Crippen LogP contribution in [0.5, 0.6) is 0 Å². The first-order valence-electron chi connectivity index (χ1n) is 7.79. The molecule has 1 aromatic heterocycles. The lowest BCUT2D eigenvalue weighted by molar-refractivity contribution is -0.139. The van der Waals surface area contributed by atoms with Crippen LogP contribution in [0.2, 0.25) is 0 Å². The molecule has 1 aromatic rings. The molecule has 0 aromatic carbocycles. The Balaban J connectivity index is 1.87. The summed E-state index contributed by atoms with van der Waals surface area (Å²) >= 11 is 3.35. The minimum Gasteiger partial charge on any atom is -0.465 e. The standard InChI is InChI=1S/C15H21BrN4O3/c1-7(2)12(19(3)15(22)23)14(21)20-9-4-8(9)5-10(20)13-17-6-11(16)18-13/h6-10,12H,4-5H2,1-3H3,(H,17,18)(H,22,23)/t8-,9-,10-,12-/m0/s1. The number of piperidine rings is 1. The van der Waals surface area contributed by atoms with Gasteiger partial charge in [0.25, 0.3) is 0 Å². The van der Waals surface area contributed by atoms with Crippen molar-refractivity contribution in [2.24, 2.45) is 11.8 Å². The molecule has 1 aliphatic carbocycles. The Kier molecular flexibility index (Phi) is 4.12. The first-order valence-corrected chi connectivity index (χ1v) is 8.59. The zero-order chi connectivity index (χ0) is 16.9. The molecule has 3 rings (SSSR count). The van der Waals surface area contributed by atoms with E-state index < -0.39 is 12.1 Å². The van der Waals surface area contributed by atoms with E-state index in [-0.39, 0.29) is 23.9 Å². The lowest BCUT2D eigenvalue weighted by Crippen LogP contribution is -2.52. The van der Waals surface area contributed by atoms with Gasteiger partial charge < -0.3 is 15.0 Å². The molecule has 7 nitrogen and oxygen atoms in total. The Morgan fingerprint density at radius 2 is 2.17 bits per heavy atom. The van der Waals surface area contributed by atoms with Gasteiger partial charge in [0.05, 0.1) is 12.2 Å². The fourth-order valence-electron chi connectivity index (χ4n) is 3.67. The molecule has 2 fully saturated rings. The van der Waals surface area contributed by atoms with E-state index in [1.165, 1.54) is 7.05 Å². The van der Waals surface area contributed by atoms with Gasteiger partial charge in [0.2, 0.25) is 5.91 Å². The van der Waals surface area contributed by atoms with Gasteiger partial charge in [-0.25, -0.2) is 9.78 Å². The van der Waals surface area contributed by atoms with Crippen LogP contribution in [0, 0.1) is 11.8 Å². The highest BCUT2D eigenvalue weighted by molar-refractivity contribution is 9.10. The van der Waals surface area contributed by atoms with Crippen molar-refractivity contribution in [2.75, 3.05) is 7.05 Å². The number of halogens is 1. The fourth-order valence-corrected chi connectivity index (χ4v) is 3.98. The van der Waals surface area contributed by atoms with Crippen LogP contribution >= 0.6 is 15.9 Å². The molecule has 0 unspecified atom stereocenters. The van der Waals surface area contributed by atoms with Crippen LogP contribution in [0.25, 0.3) is 0 Å². The number of aromatic amines is 1. The van der Waals surface area contributed by atoms with E-state index in [0.29, 0.717) is 5.92 Å². The topological polar surface area (TPSA) is 89.5 Å². The van der Waals surface area contributed by atoms with Crippen LogP contribution in [0.4, 0.5) is 4.79 Å². The molecule has 2 amide bonds. The van der Waals surface area contributed by atoms with Crippen LogP contribution in [0.3, 0.4) is 0 Å². The molecule has 2 N–H and O–H groups in total. The van der Waals surface area contributed by atoms with Crippen LogP contribution in [-0.2, 0) is 4.79 Å². The van der Waals surface area contributed by atoms with Gasteiger partial charge in [0.15, 0.2) is 0 Å². The zero-order valence-electron chi connectivity index (χ0n) is 13.4. The van der Waals surface area contributed by atoms with Gasteiger partial charge in [-0.05, 0) is 40.6 Å². The van der Waals surface area contributed by atoms with E-state index in [1.54, 1.807) is 6.20 Å². The average molecular weight is 385 g/mol. The number of nitrogens with zero attached hydrogens (tertiary/aromatic N) is 3. The van der Waals surface area contributed by atoms with Crippen molar-refractivity contribution in [1.82, 2.24) is 19.8 Å². The van der Waals surface area contributed by atoms with Gasteiger partial charge in [-0.2, -0.15) is 0 Å². The molecular weight excluding hydrogens is 364 g/mol. The summed E-state index contributed by atoms with van der Waals surface area (Å²) in [6, 6.07) is -0.548. The van der Waals surface area contributed by atoms with Crippen molar-refractivity contribution in [3.63, 3.8) is 0 Å². The minimum absolute atomic E-state index is 0.0922. The largest absolute Gasteiger partial charge is 0.465 e. The molecule has 1 saturated heterocycles. The van der Waals surface area contributed by atoms with Crippen LogP contribution in [0.15, 0.2) is 10.8 Å². The molecule has 4 atom stereocenters. The average Bonchev–Trinajstić information content (AvgIpc) is 2.92. The fraction of sp³-hybridized carbons (Fsp3) is 0.667. The predicted octanol–water partition coefficient (Wildman–Crippen LogP) is 2.47. The van der Waals surface area contributed by atoms with Crippen molar-refractivity contribution >= 4 is 27.9 Å². The summed E-state index contributed by atoms with van der Waals surface area (Å²) in [5, 5.41) is 9.29. The molecule has 23 heavy (non-hydrogen) atoms. The summed E-state index contributed by atoms with van der Waals surface area (Å²) in [6.45, 7) is 3.75. The van der Waals surface area contributed by atoms with Gasteiger partial charge in [-0.3, -0.25) is 9.69 Å². The first-order chi connectivity index (χ1) is 10.8. The van der Waals surface area contributed by atoms with E-state index >= 15 is 0 Å². The number of aromatic nitrogens is 2. The number of rotatable bonds is 4. The Morgan fingerprint density at radius 1 is 1.48 bits per heavy atom. The minimum atomic E-state index is -1.08. The second-order valence-electron chi connectivity index (χ2n) is 6.76. The van der Waals surface area contributed by atoms with Gasteiger partial charge in [-0.1, -0.05) is 13.8 Å². The van der Waals surface area contributed by atoms with E-state index in [9.17, 15) is 14.7 Å². The summed E-state index contributed by atoms with van der Waals surface area (Å²) < 4.78 is 0.781. The second kappa shape index (κ2) is 5.81. The van der Waals surface area contributed by atoms with Crippen molar-refractivity contribution < 1.29 is 14.7 Å². The molecule has 126 valence electrons. The number of likely N-dealkylation sites (tertiary alicyclic amines) is 1. The maximum Gasteiger partial charge on any atom is 0.407 e. The summed E-state index contributed by atoms with van der Waals surface area (Å²) in [7, 11) is 1.46. The van der Waals surface area contributed by atoms with Crippen molar-refractivity contribution in [2.45, 2.75) is 44.8 Å². The highest BCUT2D eigenvalue weighted by Gasteiger charge is 2.56.